The zero-order valence-electron chi connectivity index (χ0n) is 18.9. The lowest BCUT2D eigenvalue weighted by molar-refractivity contribution is 0.183. The van der Waals surface area contributed by atoms with E-state index in [4.69, 9.17) is 9.47 Å². The van der Waals surface area contributed by atoms with Crippen molar-refractivity contribution in [2.75, 3.05) is 26.2 Å². The molecule has 1 aliphatic heterocycles. The number of phenolic OH excluding ortho intramolecular Hbond substituents is 1. The molecular weight excluding hydrogens is 444 g/mol. The first-order valence-corrected chi connectivity index (χ1v) is 12.5. The summed E-state index contributed by atoms with van der Waals surface area (Å²) in [5.41, 5.74) is 1.84. The number of likely N-dealkylation sites (tertiary alicyclic amines) is 1. The largest absolute Gasteiger partial charge is 0.508 e. The van der Waals surface area contributed by atoms with Gasteiger partial charge in [-0.15, -0.1) is 11.3 Å². The van der Waals surface area contributed by atoms with E-state index < -0.39 is 0 Å². The first kappa shape index (κ1) is 22.3. The first-order valence-electron chi connectivity index (χ1n) is 11.6. The standard InChI is InChI=1S/C28H26N2O3S/c29-18-25-17-21(19-34-25)27-10-4-20-16-22(31)5-11-26(20)28(27)33-24-8-6-23(7-9-24)32-15-14-30-12-2-1-3-13-30/h4-11,16-17,19,31H,1-3,12-15H2. The van der Waals surface area contributed by atoms with Crippen LogP contribution >= 0.6 is 11.3 Å². The van der Waals surface area contributed by atoms with Crippen molar-refractivity contribution in [1.82, 2.24) is 4.90 Å². The van der Waals surface area contributed by atoms with Crippen molar-refractivity contribution in [1.29, 1.82) is 5.26 Å². The van der Waals surface area contributed by atoms with Gasteiger partial charge in [0, 0.05) is 22.9 Å². The maximum absolute atomic E-state index is 9.92. The van der Waals surface area contributed by atoms with Crippen LogP contribution < -0.4 is 9.47 Å². The van der Waals surface area contributed by atoms with Crippen molar-refractivity contribution < 1.29 is 14.6 Å². The lowest BCUT2D eigenvalue weighted by atomic mass is 10.0. The van der Waals surface area contributed by atoms with Crippen LogP contribution in [0.15, 0.2) is 66.0 Å². The van der Waals surface area contributed by atoms with Gasteiger partial charge in [-0.25, -0.2) is 0 Å². The van der Waals surface area contributed by atoms with Crippen LogP contribution in [-0.2, 0) is 0 Å². The molecule has 1 aromatic heterocycles. The van der Waals surface area contributed by atoms with Crippen molar-refractivity contribution in [2.45, 2.75) is 19.3 Å². The molecule has 6 heteroatoms. The van der Waals surface area contributed by atoms with Crippen LogP contribution in [0.25, 0.3) is 21.9 Å². The smallest absolute Gasteiger partial charge is 0.143 e. The van der Waals surface area contributed by atoms with Crippen LogP contribution in [-0.4, -0.2) is 36.2 Å². The summed E-state index contributed by atoms with van der Waals surface area (Å²) in [6, 6.07) is 20.9. The number of hydrogen-bond acceptors (Lipinski definition) is 6. The zero-order chi connectivity index (χ0) is 23.3. The number of rotatable bonds is 7. The molecule has 3 aromatic carbocycles. The number of phenols is 1. The molecule has 0 spiro atoms. The SMILES string of the molecule is N#Cc1cc(-c2ccc3cc(O)ccc3c2Oc2ccc(OCCN3CCCCC3)cc2)cs1. The molecule has 0 bridgehead atoms. The molecule has 0 saturated carbocycles. The van der Waals surface area contributed by atoms with Crippen molar-refractivity contribution in [3.05, 3.63) is 70.9 Å². The van der Waals surface area contributed by atoms with E-state index in [0.717, 1.165) is 34.2 Å². The fraction of sp³-hybridized carbons (Fsp3) is 0.250. The van der Waals surface area contributed by atoms with E-state index in [9.17, 15) is 10.4 Å². The van der Waals surface area contributed by atoms with Crippen molar-refractivity contribution in [3.63, 3.8) is 0 Å². The van der Waals surface area contributed by atoms with E-state index in [1.807, 2.05) is 53.9 Å². The highest BCUT2D eigenvalue weighted by atomic mass is 32.1. The number of piperidine rings is 1. The average molecular weight is 471 g/mol. The molecule has 0 amide bonds. The van der Waals surface area contributed by atoms with Gasteiger partial charge in [0.2, 0.25) is 0 Å². The van der Waals surface area contributed by atoms with Gasteiger partial charge < -0.3 is 14.6 Å². The highest BCUT2D eigenvalue weighted by molar-refractivity contribution is 7.10. The number of nitrogens with zero attached hydrogens (tertiary/aromatic N) is 2. The van der Waals surface area contributed by atoms with Crippen LogP contribution in [0, 0.1) is 11.3 Å². The van der Waals surface area contributed by atoms with Gasteiger partial charge in [0.15, 0.2) is 0 Å². The van der Waals surface area contributed by atoms with Crippen LogP contribution in [0.3, 0.4) is 0 Å². The van der Waals surface area contributed by atoms with E-state index in [0.29, 0.717) is 23.0 Å². The van der Waals surface area contributed by atoms with Gasteiger partial charge in [-0.1, -0.05) is 12.5 Å². The Hall–Kier alpha value is -3.53. The maximum atomic E-state index is 9.92. The highest BCUT2D eigenvalue weighted by Crippen LogP contribution is 2.41. The van der Waals surface area contributed by atoms with E-state index >= 15 is 0 Å². The number of nitriles is 1. The van der Waals surface area contributed by atoms with Crippen LogP contribution in [0.5, 0.6) is 23.0 Å². The average Bonchev–Trinajstić information content (AvgIpc) is 3.35. The molecule has 1 saturated heterocycles. The zero-order valence-corrected chi connectivity index (χ0v) is 19.7. The summed E-state index contributed by atoms with van der Waals surface area (Å²) < 4.78 is 12.3. The molecule has 4 aromatic rings. The Balaban J connectivity index is 1.37. The molecule has 0 aliphatic carbocycles. The highest BCUT2D eigenvalue weighted by Gasteiger charge is 2.15. The molecule has 5 rings (SSSR count). The van der Waals surface area contributed by atoms with Crippen molar-refractivity contribution >= 4 is 22.1 Å². The number of aromatic hydroxyl groups is 1. The van der Waals surface area contributed by atoms with E-state index in [1.54, 1.807) is 12.1 Å². The topological polar surface area (TPSA) is 65.7 Å². The van der Waals surface area contributed by atoms with Gasteiger partial charge in [-0.3, -0.25) is 4.90 Å². The molecular formula is C28H26N2O3S. The van der Waals surface area contributed by atoms with Crippen molar-refractivity contribution in [2.24, 2.45) is 0 Å². The molecule has 1 fully saturated rings. The monoisotopic (exact) mass is 470 g/mol. The third-order valence-electron chi connectivity index (χ3n) is 6.14. The molecule has 5 nitrogen and oxygen atoms in total. The Morgan fingerprint density at radius 2 is 1.74 bits per heavy atom. The van der Waals surface area contributed by atoms with E-state index in [-0.39, 0.29) is 5.75 Å². The Kier molecular flexibility index (Phi) is 6.66. The summed E-state index contributed by atoms with van der Waals surface area (Å²) in [5, 5.41) is 22.9. The molecule has 0 unspecified atom stereocenters. The minimum atomic E-state index is 0.208. The first-order chi connectivity index (χ1) is 16.7. The minimum absolute atomic E-state index is 0.208. The third-order valence-corrected chi connectivity index (χ3v) is 6.98. The molecule has 0 atom stereocenters. The second-order valence-corrected chi connectivity index (χ2v) is 9.39. The van der Waals surface area contributed by atoms with Gasteiger partial charge in [0.25, 0.3) is 0 Å². The molecule has 34 heavy (non-hydrogen) atoms. The van der Waals surface area contributed by atoms with Crippen LogP contribution in [0.1, 0.15) is 24.1 Å². The summed E-state index contributed by atoms with van der Waals surface area (Å²) in [6.45, 7) is 3.97. The molecule has 1 N–H and O–H groups in total. The van der Waals surface area contributed by atoms with Gasteiger partial charge in [-0.05, 0) is 91.5 Å². The number of hydrogen-bond donors (Lipinski definition) is 1. The quantitative estimate of drug-likeness (QED) is 0.322. The van der Waals surface area contributed by atoms with Gasteiger partial charge in [-0.2, -0.15) is 5.26 Å². The number of thiophene rings is 1. The predicted molar refractivity (Wildman–Crippen MR) is 136 cm³/mol. The number of fused-ring (bicyclic) bond motifs is 1. The fourth-order valence-corrected chi connectivity index (χ4v) is 5.06. The van der Waals surface area contributed by atoms with Crippen LogP contribution in [0.2, 0.25) is 0 Å². The van der Waals surface area contributed by atoms with Crippen LogP contribution in [0.4, 0.5) is 0 Å². The normalized spacial score (nSPS) is 14.1. The Labute approximate surface area is 203 Å². The maximum Gasteiger partial charge on any atom is 0.143 e. The number of benzene rings is 3. The van der Waals surface area contributed by atoms with E-state index in [1.165, 1.54) is 43.7 Å². The summed E-state index contributed by atoms with van der Waals surface area (Å²) >= 11 is 1.41. The Morgan fingerprint density at radius 3 is 2.50 bits per heavy atom. The third kappa shape index (κ3) is 5.01. The fourth-order valence-electron chi connectivity index (χ4n) is 4.36. The van der Waals surface area contributed by atoms with Gasteiger partial charge >= 0.3 is 0 Å². The number of ether oxygens (including phenoxy) is 2. The molecule has 0 radical (unpaired) electrons. The lowest BCUT2D eigenvalue weighted by Gasteiger charge is -2.26. The summed E-state index contributed by atoms with van der Waals surface area (Å²) in [5.74, 6) is 2.42. The molecule has 2 heterocycles. The Bertz CT molecular complexity index is 1320. The molecule has 172 valence electrons. The minimum Gasteiger partial charge on any atom is -0.508 e. The molecule has 1 aliphatic rings. The summed E-state index contributed by atoms with van der Waals surface area (Å²) in [7, 11) is 0. The predicted octanol–water partition coefficient (Wildman–Crippen LogP) is 6.80. The summed E-state index contributed by atoms with van der Waals surface area (Å²) in [4.78, 5) is 3.11. The van der Waals surface area contributed by atoms with Gasteiger partial charge in [0.1, 0.15) is 40.6 Å². The second-order valence-electron chi connectivity index (χ2n) is 8.48. The Morgan fingerprint density at radius 1 is 0.941 bits per heavy atom. The van der Waals surface area contributed by atoms with Crippen molar-refractivity contribution in [3.8, 4) is 40.2 Å². The van der Waals surface area contributed by atoms with Gasteiger partial charge in [0.05, 0.1) is 0 Å². The lowest BCUT2D eigenvalue weighted by Crippen LogP contribution is -2.33. The second kappa shape index (κ2) is 10.2. The van der Waals surface area contributed by atoms with E-state index in [2.05, 4.69) is 11.0 Å². The summed E-state index contributed by atoms with van der Waals surface area (Å²) in [6.07, 6.45) is 3.90.